The molecule has 0 spiro atoms. The van der Waals surface area contributed by atoms with Gasteiger partial charge in [-0.25, -0.2) is 0 Å². The van der Waals surface area contributed by atoms with Crippen molar-refractivity contribution in [2.45, 2.75) is 20.4 Å². The number of nitrogens with one attached hydrogen (secondary N) is 2. The van der Waals surface area contributed by atoms with Crippen LogP contribution in [0.1, 0.15) is 19.4 Å². The molecule has 2 aromatic rings. The van der Waals surface area contributed by atoms with Crippen molar-refractivity contribution in [2.75, 3.05) is 13.6 Å². The first-order valence-electron chi connectivity index (χ1n) is 6.91. The van der Waals surface area contributed by atoms with Gasteiger partial charge in [-0.1, -0.05) is 18.2 Å². The minimum Gasteiger partial charge on any atom is -0.359 e. The van der Waals surface area contributed by atoms with E-state index in [1.54, 1.807) is 7.05 Å². The lowest BCUT2D eigenvalue weighted by Gasteiger charge is -2.22. The molecule has 2 N–H and O–H groups in total. The Morgan fingerprint density at radius 3 is 2.70 bits per heavy atom. The summed E-state index contributed by atoms with van der Waals surface area (Å²) in [4.78, 5) is 11.7. The van der Waals surface area contributed by atoms with Gasteiger partial charge in [0.1, 0.15) is 0 Å². The normalized spacial score (nSPS) is 11.8. The molecule has 1 heterocycles. The average molecular weight is 273 g/mol. The van der Waals surface area contributed by atoms with Crippen molar-refractivity contribution in [1.29, 1.82) is 0 Å². The molecule has 2 rings (SSSR count). The molecule has 0 unspecified atom stereocenters. The van der Waals surface area contributed by atoms with Gasteiger partial charge in [0.25, 0.3) is 0 Å². The van der Waals surface area contributed by atoms with E-state index in [0.29, 0.717) is 6.54 Å². The van der Waals surface area contributed by atoms with Gasteiger partial charge in [0, 0.05) is 44.3 Å². The minimum atomic E-state index is -0.403. The molecule has 0 aliphatic heterocycles. The third-order valence-corrected chi connectivity index (χ3v) is 3.70. The summed E-state index contributed by atoms with van der Waals surface area (Å²) in [5, 5.41) is 7.36. The molecule has 0 fully saturated rings. The van der Waals surface area contributed by atoms with Crippen molar-refractivity contribution in [3.63, 3.8) is 0 Å². The predicted octanol–water partition coefficient (Wildman–Crippen LogP) is 2.04. The van der Waals surface area contributed by atoms with Crippen LogP contribution in [-0.4, -0.2) is 24.1 Å². The monoisotopic (exact) mass is 273 g/mol. The van der Waals surface area contributed by atoms with Gasteiger partial charge < -0.3 is 15.2 Å². The molecular weight excluding hydrogens is 250 g/mol. The smallest absolute Gasteiger partial charge is 0.226 e. The van der Waals surface area contributed by atoms with E-state index >= 15 is 0 Å². The van der Waals surface area contributed by atoms with Crippen LogP contribution < -0.4 is 10.6 Å². The maximum atomic E-state index is 11.7. The highest BCUT2D eigenvalue weighted by molar-refractivity contribution is 5.84. The molecule has 0 saturated heterocycles. The van der Waals surface area contributed by atoms with Gasteiger partial charge in [0.2, 0.25) is 5.91 Å². The lowest BCUT2D eigenvalue weighted by Crippen LogP contribution is -2.41. The third kappa shape index (κ3) is 2.85. The number of fused-ring (bicyclic) bond motifs is 1. The molecule has 0 atom stereocenters. The molecule has 108 valence electrons. The summed E-state index contributed by atoms with van der Waals surface area (Å²) >= 11 is 0. The Bertz CT molecular complexity index is 613. The van der Waals surface area contributed by atoms with Gasteiger partial charge in [-0.15, -0.1) is 0 Å². The maximum Gasteiger partial charge on any atom is 0.226 e. The number of amides is 1. The molecule has 0 saturated carbocycles. The second-order valence-corrected chi connectivity index (χ2v) is 5.85. The van der Waals surface area contributed by atoms with Crippen LogP contribution in [0, 0.1) is 5.41 Å². The van der Waals surface area contributed by atoms with Crippen molar-refractivity contribution >= 4 is 16.8 Å². The largest absolute Gasteiger partial charge is 0.359 e. The first-order chi connectivity index (χ1) is 9.45. The van der Waals surface area contributed by atoms with Crippen molar-refractivity contribution in [1.82, 2.24) is 15.2 Å². The van der Waals surface area contributed by atoms with Gasteiger partial charge in [-0.05, 0) is 25.5 Å². The fraction of sp³-hybridized carbons (Fsp3) is 0.438. The molecule has 1 aromatic carbocycles. The SMILES string of the molecule is CNC(=O)C(C)(C)CNCc1cn(C)c2ccccc12. The third-order valence-electron chi connectivity index (χ3n) is 3.70. The molecule has 1 aromatic heterocycles. The molecule has 4 heteroatoms. The van der Waals surface area contributed by atoms with Crippen LogP contribution in [0.2, 0.25) is 0 Å². The summed E-state index contributed by atoms with van der Waals surface area (Å²) in [5.41, 5.74) is 2.09. The molecular formula is C16H23N3O. The fourth-order valence-corrected chi connectivity index (χ4v) is 2.49. The number of carbonyl (C=O) groups excluding carboxylic acids is 1. The van der Waals surface area contributed by atoms with Gasteiger partial charge in [0.15, 0.2) is 0 Å². The molecule has 0 radical (unpaired) electrons. The van der Waals surface area contributed by atoms with E-state index in [0.717, 1.165) is 6.54 Å². The first-order valence-corrected chi connectivity index (χ1v) is 6.91. The van der Waals surface area contributed by atoms with E-state index in [1.807, 2.05) is 19.9 Å². The highest BCUT2D eigenvalue weighted by Crippen LogP contribution is 2.20. The number of aromatic nitrogens is 1. The molecule has 0 bridgehead atoms. The average Bonchev–Trinajstić information content (AvgIpc) is 2.75. The van der Waals surface area contributed by atoms with Gasteiger partial charge in [-0.2, -0.15) is 0 Å². The van der Waals surface area contributed by atoms with E-state index in [1.165, 1.54) is 16.5 Å². The summed E-state index contributed by atoms with van der Waals surface area (Å²) in [6.07, 6.45) is 2.14. The van der Waals surface area contributed by atoms with Gasteiger partial charge in [-0.3, -0.25) is 4.79 Å². The van der Waals surface area contributed by atoms with Crippen molar-refractivity contribution in [3.8, 4) is 0 Å². The Balaban J connectivity index is 2.05. The summed E-state index contributed by atoms with van der Waals surface area (Å²) in [5.74, 6) is 0.0583. The van der Waals surface area contributed by atoms with Crippen LogP contribution >= 0.6 is 0 Å². The van der Waals surface area contributed by atoms with Crippen molar-refractivity contribution in [3.05, 3.63) is 36.0 Å². The number of nitrogens with zero attached hydrogens (tertiary/aromatic N) is 1. The Morgan fingerprint density at radius 1 is 1.30 bits per heavy atom. The molecule has 0 aliphatic rings. The zero-order valence-electron chi connectivity index (χ0n) is 12.7. The lowest BCUT2D eigenvalue weighted by molar-refractivity contribution is -0.128. The minimum absolute atomic E-state index is 0.0583. The Hall–Kier alpha value is -1.81. The van der Waals surface area contributed by atoms with Crippen LogP contribution in [0.25, 0.3) is 10.9 Å². The summed E-state index contributed by atoms with van der Waals surface area (Å²) in [6, 6.07) is 8.36. The second-order valence-electron chi connectivity index (χ2n) is 5.85. The van der Waals surface area contributed by atoms with Crippen LogP contribution in [0.5, 0.6) is 0 Å². The lowest BCUT2D eigenvalue weighted by atomic mass is 9.92. The Labute approximate surface area is 120 Å². The number of carbonyl (C=O) groups is 1. The zero-order chi connectivity index (χ0) is 14.8. The van der Waals surface area contributed by atoms with Gasteiger partial charge in [0.05, 0.1) is 5.41 Å². The highest BCUT2D eigenvalue weighted by Gasteiger charge is 2.25. The quantitative estimate of drug-likeness (QED) is 0.875. The topological polar surface area (TPSA) is 46.1 Å². The number of benzene rings is 1. The van der Waals surface area contributed by atoms with E-state index in [2.05, 4.69) is 46.6 Å². The van der Waals surface area contributed by atoms with Crippen LogP contribution in [0.15, 0.2) is 30.5 Å². The maximum absolute atomic E-state index is 11.7. The highest BCUT2D eigenvalue weighted by atomic mass is 16.2. The summed E-state index contributed by atoms with van der Waals surface area (Å²) in [6.45, 7) is 5.31. The Kier molecular flexibility index (Phi) is 4.14. The fourth-order valence-electron chi connectivity index (χ4n) is 2.49. The molecule has 1 amide bonds. The van der Waals surface area contributed by atoms with Crippen LogP contribution in [-0.2, 0) is 18.4 Å². The molecule has 4 nitrogen and oxygen atoms in total. The van der Waals surface area contributed by atoms with E-state index in [-0.39, 0.29) is 5.91 Å². The van der Waals surface area contributed by atoms with Crippen LogP contribution in [0.3, 0.4) is 0 Å². The van der Waals surface area contributed by atoms with E-state index in [9.17, 15) is 4.79 Å². The number of hydrogen-bond donors (Lipinski definition) is 2. The zero-order valence-corrected chi connectivity index (χ0v) is 12.7. The number of para-hydroxylation sites is 1. The number of aryl methyl sites for hydroxylation is 1. The molecule has 20 heavy (non-hydrogen) atoms. The van der Waals surface area contributed by atoms with Gasteiger partial charge >= 0.3 is 0 Å². The van der Waals surface area contributed by atoms with E-state index in [4.69, 9.17) is 0 Å². The van der Waals surface area contributed by atoms with Crippen molar-refractivity contribution in [2.24, 2.45) is 12.5 Å². The van der Waals surface area contributed by atoms with Crippen molar-refractivity contribution < 1.29 is 4.79 Å². The predicted molar refractivity (Wildman–Crippen MR) is 82.5 cm³/mol. The first kappa shape index (κ1) is 14.6. The summed E-state index contributed by atoms with van der Waals surface area (Å²) in [7, 11) is 3.73. The number of rotatable bonds is 5. The molecule has 0 aliphatic carbocycles. The second kappa shape index (κ2) is 5.67. The van der Waals surface area contributed by atoms with E-state index < -0.39 is 5.41 Å². The summed E-state index contributed by atoms with van der Waals surface area (Å²) < 4.78 is 2.14. The number of hydrogen-bond acceptors (Lipinski definition) is 2. The standard InChI is InChI=1S/C16H23N3O/c1-16(2,15(20)17-3)11-18-9-12-10-19(4)14-8-6-5-7-13(12)14/h5-8,10,18H,9,11H2,1-4H3,(H,17,20). The van der Waals surface area contributed by atoms with Crippen LogP contribution in [0.4, 0.5) is 0 Å². The Morgan fingerprint density at radius 2 is 2.00 bits per heavy atom.